The second-order valence-electron chi connectivity index (χ2n) is 8.46. The van der Waals surface area contributed by atoms with E-state index in [1.165, 1.54) is 0 Å². The molecule has 0 amide bonds. The van der Waals surface area contributed by atoms with Crippen LogP contribution in [0.1, 0.15) is 52.7 Å². The van der Waals surface area contributed by atoms with Crippen molar-refractivity contribution in [2.45, 2.75) is 55.7 Å². The summed E-state index contributed by atoms with van der Waals surface area (Å²) in [6.07, 6.45) is -3.51. The summed E-state index contributed by atoms with van der Waals surface area (Å²) in [7, 11) is 0. The summed E-state index contributed by atoms with van der Waals surface area (Å²) in [5, 5.41) is 19.7. The molecule has 4 rings (SSSR count). The quantitative estimate of drug-likeness (QED) is 0.765. The number of hydrogen-bond acceptors (Lipinski definition) is 2. The molecule has 0 radical (unpaired) electrons. The molecule has 1 saturated carbocycles. The Kier molecular flexibility index (Phi) is 4.73. The van der Waals surface area contributed by atoms with Gasteiger partial charge in [0.25, 0.3) is 0 Å². The van der Waals surface area contributed by atoms with Crippen LogP contribution in [0, 0.1) is 5.92 Å². The van der Waals surface area contributed by atoms with E-state index in [0.29, 0.717) is 19.3 Å². The van der Waals surface area contributed by atoms with Crippen LogP contribution < -0.4 is 0 Å². The van der Waals surface area contributed by atoms with E-state index in [2.05, 4.69) is 0 Å². The lowest BCUT2D eigenvalue weighted by molar-refractivity contribution is -0.279. The smallest absolute Gasteiger partial charge is 0.417 e. The Hall–Kier alpha value is -2.34. The molecule has 2 aliphatic rings. The lowest BCUT2D eigenvalue weighted by Crippen LogP contribution is -2.56. The number of halogens is 3. The molecular weight excluding hydrogens is 381 g/mol. The van der Waals surface area contributed by atoms with Crippen LogP contribution in [0.15, 0.2) is 48.5 Å². The van der Waals surface area contributed by atoms with Gasteiger partial charge in [-0.2, -0.15) is 13.2 Å². The lowest BCUT2D eigenvalue weighted by Gasteiger charge is -2.53. The zero-order valence-electron chi connectivity index (χ0n) is 15.9. The maximum Gasteiger partial charge on any atom is 0.417 e. The van der Waals surface area contributed by atoms with Gasteiger partial charge in [0.1, 0.15) is 0 Å². The molecule has 3 unspecified atom stereocenters. The molecule has 154 valence electrons. The minimum absolute atomic E-state index is 0.194. The number of aromatic carboxylic acids is 1. The third-order valence-corrected chi connectivity index (χ3v) is 6.89. The summed E-state index contributed by atoms with van der Waals surface area (Å²) >= 11 is 0. The SMILES string of the molecule is O=C(O)c1ccc2c(c1)CCC1CC(O)(C(F)(F)F)CCC21Cc1ccccc1. The van der Waals surface area contributed by atoms with Gasteiger partial charge in [0.2, 0.25) is 0 Å². The molecule has 0 bridgehead atoms. The third kappa shape index (κ3) is 3.33. The Bertz CT molecular complexity index is 925. The first-order valence-electron chi connectivity index (χ1n) is 9.84. The molecule has 2 N–H and O–H groups in total. The van der Waals surface area contributed by atoms with Crippen molar-refractivity contribution in [2.75, 3.05) is 0 Å². The molecule has 2 aromatic carbocycles. The Morgan fingerprint density at radius 1 is 1.10 bits per heavy atom. The summed E-state index contributed by atoms with van der Waals surface area (Å²) in [4.78, 5) is 11.4. The fourth-order valence-corrected chi connectivity index (χ4v) is 5.37. The topological polar surface area (TPSA) is 57.5 Å². The van der Waals surface area contributed by atoms with E-state index in [4.69, 9.17) is 0 Å². The van der Waals surface area contributed by atoms with Gasteiger partial charge >= 0.3 is 12.1 Å². The zero-order valence-corrected chi connectivity index (χ0v) is 15.9. The molecule has 0 heterocycles. The fourth-order valence-electron chi connectivity index (χ4n) is 5.37. The largest absolute Gasteiger partial charge is 0.478 e. The van der Waals surface area contributed by atoms with E-state index >= 15 is 0 Å². The number of carboxylic acids is 1. The molecule has 3 nitrogen and oxygen atoms in total. The normalized spacial score (nSPS) is 29.0. The number of hydrogen-bond donors (Lipinski definition) is 2. The number of fused-ring (bicyclic) bond motifs is 3. The first-order chi connectivity index (χ1) is 13.6. The predicted molar refractivity (Wildman–Crippen MR) is 102 cm³/mol. The first-order valence-corrected chi connectivity index (χ1v) is 9.84. The van der Waals surface area contributed by atoms with Gasteiger partial charge in [0.05, 0.1) is 5.56 Å². The number of carbonyl (C=O) groups is 1. The maximum atomic E-state index is 13.6. The Morgan fingerprint density at radius 3 is 2.48 bits per heavy atom. The van der Waals surface area contributed by atoms with E-state index in [1.54, 1.807) is 18.2 Å². The highest BCUT2D eigenvalue weighted by molar-refractivity contribution is 5.88. The fraction of sp³-hybridized carbons (Fsp3) is 0.435. The van der Waals surface area contributed by atoms with E-state index in [9.17, 15) is 28.2 Å². The maximum absolute atomic E-state index is 13.6. The molecule has 2 aliphatic carbocycles. The van der Waals surface area contributed by atoms with Crippen molar-refractivity contribution in [2.24, 2.45) is 5.92 Å². The molecule has 0 spiro atoms. The van der Waals surface area contributed by atoms with Crippen LogP contribution >= 0.6 is 0 Å². The second kappa shape index (κ2) is 6.87. The van der Waals surface area contributed by atoms with Crippen molar-refractivity contribution in [1.82, 2.24) is 0 Å². The molecule has 0 aromatic heterocycles. The second-order valence-corrected chi connectivity index (χ2v) is 8.46. The van der Waals surface area contributed by atoms with E-state index < -0.39 is 23.2 Å². The van der Waals surface area contributed by atoms with Gasteiger partial charge in [-0.1, -0.05) is 36.4 Å². The van der Waals surface area contributed by atoms with Crippen molar-refractivity contribution in [1.29, 1.82) is 0 Å². The molecule has 3 atom stereocenters. The highest BCUT2D eigenvalue weighted by Crippen LogP contribution is 2.57. The molecule has 0 saturated heterocycles. The number of alkyl halides is 3. The minimum atomic E-state index is -4.65. The highest BCUT2D eigenvalue weighted by Gasteiger charge is 2.61. The van der Waals surface area contributed by atoms with Gasteiger partial charge < -0.3 is 10.2 Å². The van der Waals surface area contributed by atoms with Crippen molar-refractivity contribution in [3.05, 3.63) is 70.8 Å². The van der Waals surface area contributed by atoms with Gasteiger partial charge in [0.15, 0.2) is 5.60 Å². The average molecular weight is 404 g/mol. The molecule has 6 heteroatoms. The van der Waals surface area contributed by atoms with Crippen molar-refractivity contribution >= 4 is 5.97 Å². The number of benzene rings is 2. The van der Waals surface area contributed by atoms with Crippen LogP contribution in [-0.4, -0.2) is 28.0 Å². The monoisotopic (exact) mass is 404 g/mol. The van der Waals surface area contributed by atoms with E-state index in [0.717, 1.165) is 16.7 Å². The van der Waals surface area contributed by atoms with E-state index in [1.807, 2.05) is 30.3 Å². The minimum Gasteiger partial charge on any atom is -0.478 e. The summed E-state index contributed by atoms with van der Waals surface area (Å²) in [6.45, 7) is 0. The molecule has 1 fully saturated rings. The zero-order chi connectivity index (χ0) is 20.9. The van der Waals surface area contributed by atoms with Crippen LogP contribution in [0.3, 0.4) is 0 Å². The van der Waals surface area contributed by atoms with Crippen LogP contribution in [0.4, 0.5) is 13.2 Å². The van der Waals surface area contributed by atoms with Crippen molar-refractivity contribution < 1.29 is 28.2 Å². The van der Waals surface area contributed by atoms with E-state index in [-0.39, 0.29) is 30.7 Å². The Labute approximate surface area is 167 Å². The van der Waals surface area contributed by atoms with Crippen molar-refractivity contribution in [3.8, 4) is 0 Å². The van der Waals surface area contributed by atoms with Gasteiger partial charge in [-0.05, 0) is 73.3 Å². The predicted octanol–water partition coefficient (Wildman–Crippen LogP) is 4.91. The summed E-state index contributed by atoms with van der Waals surface area (Å²) in [5.41, 5.74) is -0.133. The molecule has 2 aromatic rings. The van der Waals surface area contributed by atoms with Gasteiger partial charge in [-0.15, -0.1) is 0 Å². The Balaban J connectivity index is 1.80. The van der Waals surface area contributed by atoms with Crippen LogP contribution in [0.2, 0.25) is 0 Å². The standard InChI is InChI=1S/C23H23F3O3/c24-23(25,26)22(29)11-10-21(13-15-4-2-1-3-5-15)18(14-22)8-6-16-12-17(20(27)28)7-9-19(16)21/h1-5,7,9,12,18,29H,6,8,10-11,13-14H2,(H,27,28). The Morgan fingerprint density at radius 2 is 1.83 bits per heavy atom. The number of aryl methyl sites for hydroxylation is 1. The molecule has 29 heavy (non-hydrogen) atoms. The summed E-state index contributed by atoms with van der Waals surface area (Å²) in [6, 6.07) is 14.6. The average Bonchev–Trinajstić information content (AvgIpc) is 2.68. The summed E-state index contributed by atoms with van der Waals surface area (Å²) < 4.78 is 40.7. The van der Waals surface area contributed by atoms with Gasteiger partial charge in [-0.3, -0.25) is 0 Å². The summed E-state index contributed by atoms with van der Waals surface area (Å²) in [5.74, 6) is -1.34. The van der Waals surface area contributed by atoms with Crippen LogP contribution in [0.5, 0.6) is 0 Å². The third-order valence-electron chi connectivity index (χ3n) is 6.89. The first kappa shape index (κ1) is 20.0. The molecule has 0 aliphatic heterocycles. The number of carboxylic acid groups (broad SMARTS) is 1. The van der Waals surface area contributed by atoms with Gasteiger partial charge in [0, 0.05) is 5.41 Å². The lowest BCUT2D eigenvalue weighted by atomic mass is 9.52. The number of aliphatic hydroxyl groups is 1. The van der Waals surface area contributed by atoms with Crippen LogP contribution in [-0.2, 0) is 18.3 Å². The van der Waals surface area contributed by atoms with Crippen molar-refractivity contribution in [3.63, 3.8) is 0 Å². The van der Waals surface area contributed by atoms with Crippen LogP contribution in [0.25, 0.3) is 0 Å². The molecular formula is C23H23F3O3. The highest BCUT2D eigenvalue weighted by atomic mass is 19.4. The van der Waals surface area contributed by atoms with Gasteiger partial charge in [-0.25, -0.2) is 4.79 Å². The number of rotatable bonds is 3.